The molecule has 0 aliphatic heterocycles. The molecule has 2 aromatic heterocycles. The molecular weight excluding hydrogens is 224 g/mol. The number of oxazole rings is 1. The van der Waals surface area contributed by atoms with Gasteiger partial charge in [-0.2, -0.15) is 0 Å². The van der Waals surface area contributed by atoms with E-state index >= 15 is 0 Å². The highest BCUT2D eigenvalue weighted by molar-refractivity contribution is 7.99. The lowest BCUT2D eigenvalue weighted by molar-refractivity contribution is 0.101. The van der Waals surface area contributed by atoms with Crippen LogP contribution in [0.15, 0.2) is 39.3 Å². The van der Waals surface area contributed by atoms with Crippen LogP contribution in [0, 0.1) is 6.92 Å². The highest BCUT2D eigenvalue weighted by Crippen LogP contribution is 2.25. The van der Waals surface area contributed by atoms with Gasteiger partial charge in [0.05, 0.1) is 5.69 Å². The minimum absolute atomic E-state index is 0.0211. The molecule has 0 atom stereocenters. The summed E-state index contributed by atoms with van der Waals surface area (Å²) in [7, 11) is 0. The monoisotopic (exact) mass is 234 g/mol. The Morgan fingerprint density at radius 2 is 2.31 bits per heavy atom. The molecule has 2 heterocycles. The third-order valence-corrected chi connectivity index (χ3v) is 2.73. The number of aryl methyl sites for hydroxylation is 1. The van der Waals surface area contributed by atoms with Gasteiger partial charge < -0.3 is 4.42 Å². The maximum atomic E-state index is 11.2. The van der Waals surface area contributed by atoms with Crippen LogP contribution in [0.1, 0.15) is 23.0 Å². The zero-order valence-electron chi connectivity index (χ0n) is 8.93. The molecule has 0 unspecified atom stereocenters. The molecule has 0 aromatic carbocycles. The van der Waals surface area contributed by atoms with E-state index in [0.717, 1.165) is 5.69 Å². The second-order valence-corrected chi connectivity index (χ2v) is 4.27. The van der Waals surface area contributed by atoms with Gasteiger partial charge in [0.15, 0.2) is 5.78 Å². The lowest BCUT2D eigenvalue weighted by Gasteiger charge is -1.98. The number of aromatic nitrogens is 2. The van der Waals surface area contributed by atoms with E-state index < -0.39 is 0 Å². The van der Waals surface area contributed by atoms with Crippen LogP contribution in [0.25, 0.3) is 0 Å². The van der Waals surface area contributed by atoms with Gasteiger partial charge in [0, 0.05) is 11.8 Å². The van der Waals surface area contributed by atoms with Crippen molar-refractivity contribution in [2.24, 2.45) is 0 Å². The summed E-state index contributed by atoms with van der Waals surface area (Å²) in [6.07, 6.45) is 3.19. The molecule has 0 amide bonds. The van der Waals surface area contributed by atoms with Gasteiger partial charge in [-0.15, -0.1) is 0 Å². The molecular formula is C11H10N2O2S. The molecule has 4 nitrogen and oxygen atoms in total. The molecule has 0 aliphatic carbocycles. The standard InChI is InChI=1S/C11H10N2O2S/c1-7-6-15-11(13-7)16-10-5-9(8(2)14)3-4-12-10/h3-6H,1-2H3. The average Bonchev–Trinajstić information content (AvgIpc) is 2.64. The molecule has 82 valence electrons. The number of carbonyl (C=O) groups is 1. The lowest BCUT2D eigenvalue weighted by Crippen LogP contribution is -1.92. The first-order valence-electron chi connectivity index (χ1n) is 4.72. The minimum Gasteiger partial charge on any atom is -0.439 e. The topological polar surface area (TPSA) is 56.0 Å². The average molecular weight is 234 g/mol. The molecule has 0 bridgehead atoms. The van der Waals surface area contributed by atoms with Gasteiger partial charge in [-0.3, -0.25) is 4.79 Å². The molecule has 5 heteroatoms. The first-order chi connectivity index (χ1) is 7.65. The molecule has 2 aromatic rings. The summed E-state index contributed by atoms with van der Waals surface area (Å²) in [5.41, 5.74) is 1.46. The Morgan fingerprint density at radius 3 is 2.94 bits per heavy atom. The van der Waals surface area contributed by atoms with E-state index in [9.17, 15) is 4.79 Å². The summed E-state index contributed by atoms with van der Waals surface area (Å²) < 4.78 is 5.20. The summed E-state index contributed by atoms with van der Waals surface area (Å²) >= 11 is 1.30. The van der Waals surface area contributed by atoms with E-state index in [-0.39, 0.29) is 5.78 Å². The maximum Gasteiger partial charge on any atom is 0.262 e. The van der Waals surface area contributed by atoms with Crippen molar-refractivity contribution in [3.8, 4) is 0 Å². The third kappa shape index (κ3) is 2.49. The van der Waals surface area contributed by atoms with Gasteiger partial charge in [-0.05, 0) is 37.7 Å². The number of nitrogens with zero attached hydrogens (tertiary/aromatic N) is 2. The fraction of sp³-hybridized carbons (Fsp3) is 0.182. The van der Waals surface area contributed by atoms with Crippen molar-refractivity contribution in [2.75, 3.05) is 0 Å². The van der Waals surface area contributed by atoms with Crippen molar-refractivity contribution < 1.29 is 9.21 Å². The molecule has 0 saturated heterocycles. The Kier molecular flexibility index (Phi) is 3.05. The fourth-order valence-corrected chi connectivity index (χ4v) is 1.92. The highest BCUT2D eigenvalue weighted by atomic mass is 32.2. The Labute approximate surface area is 97.1 Å². The number of pyridine rings is 1. The van der Waals surface area contributed by atoms with Crippen molar-refractivity contribution in [1.29, 1.82) is 0 Å². The van der Waals surface area contributed by atoms with E-state index in [4.69, 9.17) is 4.42 Å². The van der Waals surface area contributed by atoms with Crippen molar-refractivity contribution in [3.05, 3.63) is 35.9 Å². The van der Waals surface area contributed by atoms with Gasteiger partial charge >= 0.3 is 0 Å². The molecule has 16 heavy (non-hydrogen) atoms. The Hall–Kier alpha value is -1.62. The summed E-state index contributed by atoms with van der Waals surface area (Å²) in [5, 5.41) is 1.24. The van der Waals surface area contributed by atoms with E-state index in [1.54, 1.807) is 24.6 Å². The van der Waals surface area contributed by atoms with Crippen LogP contribution in [0.3, 0.4) is 0 Å². The summed E-state index contributed by atoms with van der Waals surface area (Å²) in [5.74, 6) is 0.0211. The largest absolute Gasteiger partial charge is 0.439 e. The maximum absolute atomic E-state index is 11.2. The summed E-state index contributed by atoms with van der Waals surface area (Å²) in [6.45, 7) is 3.38. The van der Waals surface area contributed by atoms with Crippen molar-refractivity contribution >= 4 is 17.5 Å². The summed E-state index contributed by atoms with van der Waals surface area (Å²) in [4.78, 5) is 19.5. The fourth-order valence-electron chi connectivity index (χ4n) is 1.15. The van der Waals surface area contributed by atoms with Crippen LogP contribution in [0.5, 0.6) is 0 Å². The third-order valence-electron chi connectivity index (χ3n) is 1.93. The van der Waals surface area contributed by atoms with Crippen molar-refractivity contribution in [2.45, 2.75) is 24.1 Å². The predicted molar refractivity (Wildman–Crippen MR) is 59.6 cm³/mol. The zero-order valence-corrected chi connectivity index (χ0v) is 9.75. The smallest absolute Gasteiger partial charge is 0.262 e. The van der Waals surface area contributed by atoms with Crippen LogP contribution in [0.4, 0.5) is 0 Å². The Morgan fingerprint density at radius 1 is 1.50 bits per heavy atom. The number of rotatable bonds is 3. The number of Topliss-reactive ketones (excluding diaryl/α,β-unsaturated/α-hetero) is 1. The first-order valence-corrected chi connectivity index (χ1v) is 5.54. The molecule has 2 rings (SSSR count). The first kappa shape index (κ1) is 10.9. The number of hydrogen-bond donors (Lipinski definition) is 0. The quantitative estimate of drug-likeness (QED) is 0.764. The van der Waals surface area contributed by atoms with Gasteiger partial charge in [0.1, 0.15) is 11.3 Å². The zero-order chi connectivity index (χ0) is 11.5. The second-order valence-electron chi connectivity index (χ2n) is 3.30. The molecule has 0 radical (unpaired) electrons. The molecule has 0 spiro atoms. The molecule has 0 N–H and O–H groups in total. The van der Waals surface area contributed by atoms with Crippen LogP contribution in [-0.4, -0.2) is 15.8 Å². The molecule has 0 aliphatic rings. The Balaban J connectivity index is 2.21. The molecule has 0 saturated carbocycles. The SMILES string of the molecule is CC(=O)c1ccnc(Sc2nc(C)co2)c1. The normalized spacial score (nSPS) is 10.4. The molecule has 0 fully saturated rings. The van der Waals surface area contributed by atoms with Crippen LogP contribution < -0.4 is 0 Å². The van der Waals surface area contributed by atoms with E-state index in [2.05, 4.69) is 9.97 Å². The number of carbonyl (C=O) groups excluding carboxylic acids is 1. The van der Waals surface area contributed by atoms with Gasteiger partial charge in [0.25, 0.3) is 5.22 Å². The van der Waals surface area contributed by atoms with Gasteiger partial charge in [-0.1, -0.05) is 0 Å². The predicted octanol–water partition coefficient (Wildman–Crippen LogP) is 2.73. The van der Waals surface area contributed by atoms with Crippen molar-refractivity contribution in [3.63, 3.8) is 0 Å². The summed E-state index contributed by atoms with van der Waals surface area (Å²) in [6, 6.07) is 3.42. The lowest BCUT2D eigenvalue weighted by atomic mass is 10.2. The van der Waals surface area contributed by atoms with Gasteiger partial charge in [-0.25, -0.2) is 9.97 Å². The highest BCUT2D eigenvalue weighted by Gasteiger charge is 2.07. The van der Waals surface area contributed by atoms with E-state index in [1.807, 2.05) is 6.92 Å². The minimum atomic E-state index is 0.0211. The second kappa shape index (κ2) is 4.49. The number of ketones is 1. The van der Waals surface area contributed by atoms with Crippen LogP contribution in [0.2, 0.25) is 0 Å². The van der Waals surface area contributed by atoms with Crippen molar-refractivity contribution in [1.82, 2.24) is 9.97 Å². The Bertz CT molecular complexity index is 522. The van der Waals surface area contributed by atoms with Gasteiger partial charge in [0.2, 0.25) is 0 Å². The van der Waals surface area contributed by atoms with Crippen LogP contribution in [-0.2, 0) is 0 Å². The van der Waals surface area contributed by atoms with E-state index in [1.165, 1.54) is 18.7 Å². The number of hydrogen-bond acceptors (Lipinski definition) is 5. The van der Waals surface area contributed by atoms with Crippen LogP contribution >= 0.6 is 11.8 Å². The van der Waals surface area contributed by atoms with E-state index in [0.29, 0.717) is 15.8 Å².